The van der Waals surface area contributed by atoms with E-state index in [1.54, 1.807) is 0 Å². The second kappa shape index (κ2) is 49.1. The molecule has 0 aromatic carbocycles. The number of aliphatic hydroxyl groups is 2. The molecule has 6 atom stereocenters. The van der Waals surface area contributed by atoms with E-state index in [1.165, 1.54) is 96.3 Å². The Labute approximate surface area is 442 Å². The Morgan fingerprint density at radius 3 is 1.40 bits per heavy atom. The van der Waals surface area contributed by atoms with Crippen molar-refractivity contribution in [2.24, 2.45) is 0 Å². The van der Waals surface area contributed by atoms with Crippen LogP contribution in [0, 0.1) is 0 Å². The summed E-state index contributed by atoms with van der Waals surface area (Å²) in [4.78, 5) is 51.0. The summed E-state index contributed by atoms with van der Waals surface area (Å²) >= 11 is 0. The van der Waals surface area contributed by atoms with E-state index < -0.39 is 67.3 Å². The first kappa shape index (κ1) is 67.2. The molecule has 1 aliphatic rings. The predicted molar refractivity (Wildman–Crippen MR) is 294 cm³/mol. The quantitative estimate of drug-likeness (QED) is 0.0228. The summed E-state index contributed by atoms with van der Waals surface area (Å²) in [5.74, 6) is -3.23. The average Bonchev–Trinajstić information content (AvgIpc) is 3.37. The zero-order valence-corrected chi connectivity index (χ0v) is 45.9. The van der Waals surface area contributed by atoms with Gasteiger partial charge in [-0.3, -0.25) is 14.4 Å². The topological polar surface area (TPSA) is 175 Å². The molecular formula is C61H102O12. The molecule has 0 radical (unpaired) electrons. The van der Waals surface area contributed by atoms with Crippen LogP contribution >= 0.6 is 0 Å². The van der Waals surface area contributed by atoms with Gasteiger partial charge in [0.1, 0.15) is 18.8 Å². The summed E-state index contributed by atoms with van der Waals surface area (Å²) < 4.78 is 28.3. The van der Waals surface area contributed by atoms with E-state index in [1.807, 2.05) is 12.2 Å². The lowest BCUT2D eigenvalue weighted by atomic mass is 9.98. The number of rotatable bonds is 48. The molecular weight excluding hydrogens is 925 g/mol. The molecule has 0 aromatic rings. The van der Waals surface area contributed by atoms with Gasteiger partial charge in [0.2, 0.25) is 0 Å². The Bertz CT molecular complexity index is 1550. The van der Waals surface area contributed by atoms with Gasteiger partial charge in [-0.05, 0) is 77.0 Å². The van der Waals surface area contributed by atoms with Crippen molar-refractivity contribution < 1.29 is 58.2 Å². The number of carboxylic acids is 1. The standard InChI is InChI=1S/C61H102O12/c1-4-7-10-13-16-19-22-24-25-26-27-28-29-31-34-37-40-43-46-49-55(64)72-59-57(66)56(65)58(60(67)68)73-61(59)70-51-52(71-54(63)48-45-42-39-36-32-21-18-15-12-9-6-3)50-69-53(62)47-44-41-38-35-33-30-23-20-17-14-11-8-5-2/h8,11,16-17,19-20,24-25,30,33,38,41,52,56-59,61,65-66H,4-7,9-10,12-15,18,21-23,26-29,31-32,34-37,39-40,42-51H2,1-3H3,(H,67,68)/b11-8-,19-16-,20-17-,25-24-,33-30-,41-38-. The molecule has 0 aliphatic carbocycles. The van der Waals surface area contributed by atoms with E-state index in [0.29, 0.717) is 19.3 Å². The lowest BCUT2D eigenvalue weighted by molar-refractivity contribution is -0.301. The van der Waals surface area contributed by atoms with Gasteiger partial charge >= 0.3 is 23.9 Å². The van der Waals surface area contributed by atoms with Crippen molar-refractivity contribution in [3.05, 3.63) is 72.9 Å². The highest BCUT2D eigenvalue weighted by Gasteiger charge is 2.50. The highest BCUT2D eigenvalue weighted by molar-refractivity contribution is 5.74. The van der Waals surface area contributed by atoms with Crippen molar-refractivity contribution >= 4 is 23.9 Å². The third-order valence-corrected chi connectivity index (χ3v) is 12.8. The molecule has 0 aromatic heterocycles. The molecule has 73 heavy (non-hydrogen) atoms. The second-order valence-electron chi connectivity index (χ2n) is 19.5. The third kappa shape index (κ3) is 39.3. The number of esters is 3. The zero-order valence-electron chi connectivity index (χ0n) is 45.9. The number of aliphatic carboxylic acids is 1. The van der Waals surface area contributed by atoms with Crippen LogP contribution in [0.15, 0.2) is 72.9 Å². The maximum absolute atomic E-state index is 13.1. The molecule has 6 unspecified atom stereocenters. The lowest BCUT2D eigenvalue weighted by Gasteiger charge is -2.40. The van der Waals surface area contributed by atoms with Gasteiger partial charge in [-0.2, -0.15) is 0 Å². The molecule has 1 rings (SSSR count). The Balaban J connectivity index is 2.69. The van der Waals surface area contributed by atoms with Crippen molar-refractivity contribution in [2.45, 2.75) is 276 Å². The summed E-state index contributed by atoms with van der Waals surface area (Å²) in [7, 11) is 0. The van der Waals surface area contributed by atoms with Gasteiger partial charge in [0.05, 0.1) is 6.61 Å². The lowest BCUT2D eigenvalue weighted by Crippen LogP contribution is -2.61. The number of hydrogen-bond donors (Lipinski definition) is 3. The fraction of sp³-hybridized carbons (Fsp3) is 0.738. The fourth-order valence-electron chi connectivity index (χ4n) is 8.35. The molecule has 0 spiro atoms. The van der Waals surface area contributed by atoms with Crippen LogP contribution in [0.1, 0.15) is 239 Å². The molecule has 1 aliphatic heterocycles. The third-order valence-electron chi connectivity index (χ3n) is 12.8. The van der Waals surface area contributed by atoms with Crippen LogP contribution in [0.4, 0.5) is 0 Å². The van der Waals surface area contributed by atoms with Crippen molar-refractivity contribution in [3.8, 4) is 0 Å². The Morgan fingerprint density at radius 2 is 0.890 bits per heavy atom. The molecule has 0 saturated carbocycles. The van der Waals surface area contributed by atoms with Crippen molar-refractivity contribution in [2.75, 3.05) is 13.2 Å². The van der Waals surface area contributed by atoms with Gasteiger partial charge in [-0.1, -0.05) is 216 Å². The molecule has 0 amide bonds. The highest BCUT2D eigenvalue weighted by Crippen LogP contribution is 2.26. The van der Waals surface area contributed by atoms with Crippen LogP contribution in [0.2, 0.25) is 0 Å². The number of unbranched alkanes of at least 4 members (excludes halogenated alkanes) is 22. The molecule has 1 saturated heterocycles. The Hall–Kier alpha value is -3.84. The molecule has 12 nitrogen and oxygen atoms in total. The summed E-state index contributed by atoms with van der Waals surface area (Å²) in [6.07, 6.45) is 48.9. The number of aliphatic hydroxyl groups excluding tert-OH is 2. The van der Waals surface area contributed by atoms with E-state index in [4.69, 9.17) is 23.7 Å². The minimum Gasteiger partial charge on any atom is -0.479 e. The minimum absolute atomic E-state index is 0.0483. The van der Waals surface area contributed by atoms with Gasteiger partial charge in [-0.15, -0.1) is 0 Å². The van der Waals surface area contributed by atoms with Gasteiger partial charge in [0, 0.05) is 19.3 Å². The van der Waals surface area contributed by atoms with Crippen LogP contribution in [0.25, 0.3) is 0 Å². The van der Waals surface area contributed by atoms with E-state index >= 15 is 0 Å². The smallest absolute Gasteiger partial charge is 0.335 e. The maximum Gasteiger partial charge on any atom is 0.335 e. The highest BCUT2D eigenvalue weighted by atomic mass is 16.7. The van der Waals surface area contributed by atoms with Crippen LogP contribution < -0.4 is 0 Å². The van der Waals surface area contributed by atoms with Crippen molar-refractivity contribution in [1.82, 2.24) is 0 Å². The number of carbonyl (C=O) groups excluding carboxylic acids is 3. The van der Waals surface area contributed by atoms with Gasteiger partial charge in [0.15, 0.2) is 24.6 Å². The molecule has 12 heteroatoms. The van der Waals surface area contributed by atoms with Crippen molar-refractivity contribution in [1.29, 1.82) is 0 Å². The first-order chi connectivity index (χ1) is 35.6. The Kier molecular flexibility index (Phi) is 45.1. The summed E-state index contributed by atoms with van der Waals surface area (Å²) in [5, 5.41) is 31.4. The minimum atomic E-state index is -1.91. The average molecular weight is 1030 g/mol. The monoisotopic (exact) mass is 1030 g/mol. The molecule has 418 valence electrons. The van der Waals surface area contributed by atoms with E-state index in [0.717, 1.165) is 83.5 Å². The van der Waals surface area contributed by atoms with Crippen LogP contribution in [-0.4, -0.2) is 89.2 Å². The molecule has 1 heterocycles. The SMILES string of the molecule is CC/C=C\C/C=C\C/C=C\C/C=C\CCC(=O)OCC(COC1OC(C(=O)O)C(O)C(O)C1OC(=O)CCCCCCCCCCC/C=C\C/C=C\CCCCC)OC(=O)CCCCCCCCCCCCC. The largest absolute Gasteiger partial charge is 0.479 e. The van der Waals surface area contributed by atoms with E-state index in [9.17, 15) is 34.5 Å². The number of ether oxygens (including phenoxy) is 5. The first-order valence-electron chi connectivity index (χ1n) is 28.9. The second-order valence-corrected chi connectivity index (χ2v) is 19.5. The van der Waals surface area contributed by atoms with Crippen molar-refractivity contribution in [3.63, 3.8) is 0 Å². The number of carbonyl (C=O) groups is 4. The zero-order chi connectivity index (χ0) is 53.3. The number of carboxylic acid groups (broad SMARTS) is 1. The summed E-state index contributed by atoms with van der Waals surface area (Å²) in [6.45, 7) is 5.77. The number of hydrogen-bond acceptors (Lipinski definition) is 11. The summed E-state index contributed by atoms with van der Waals surface area (Å²) in [5.41, 5.74) is 0. The Morgan fingerprint density at radius 1 is 0.466 bits per heavy atom. The van der Waals surface area contributed by atoms with Gasteiger partial charge < -0.3 is 39.0 Å². The molecule has 3 N–H and O–H groups in total. The van der Waals surface area contributed by atoms with E-state index in [2.05, 4.69) is 81.5 Å². The van der Waals surface area contributed by atoms with Crippen LogP contribution in [-0.2, 0) is 42.9 Å². The van der Waals surface area contributed by atoms with Crippen LogP contribution in [0.3, 0.4) is 0 Å². The number of allylic oxidation sites excluding steroid dienone is 12. The predicted octanol–water partition coefficient (Wildman–Crippen LogP) is 14.6. The fourth-order valence-corrected chi connectivity index (χ4v) is 8.35. The van der Waals surface area contributed by atoms with Gasteiger partial charge in [-0.25, -0.2) is 4.79 Å². The normalized spacial score (nSPS) is 18.8. The van der Waals surface area contributed by atoms with Gasteiger partial charge in [0.25, 0.3) is 0 Å². The maximum atomic E-state index is 13.1. The van der Waals surface area contributed by atoms with E-state index in [-0.39, 0.29) is 25.9 Å². The molecule has 0 bridgehead atoms. The summed E-state index contributed by atoms with van der Waals surface area (Å²) in [6, 6.07) is 0. The van der Waals surface area contributed by atoms with Crippen LogP contribution in [0.5, 0.6) is 0 Å². The molecule has 1 fully saturated rings. The first-order valence-corrected chi connectivity index (χ1v) is 28.9.